The van der Waals surface area contributed by atoms with Crippen LogP contribution in [0.25, 0.3) is 0 Å². The predicted molar refractivity (Wildman–Crippen MR) is 52.5 cm³/mol. The molecule has 0 radical (unpaired) electrons. The highest BCUT2D eigenvalue weighted by Crippen LogP contribution is 2.36. The van der Waals surface area contributed by atoms with E-state index in [4.69, 9.17) is 4.52 Å². The van der Waals surface area contributed by atoms with Crippen LogP contribution < -0.4 is 0 Å². The summed E-state index contributed by atoms with van der Waals surface area (Å²) in [6, 6.07) is 0. The average Bonchev–Trinajstić information content (AvgIpc) is 2.70. The second kappa shape index (κ2) is 3.43. The van der Waals surface area contributed by atoms with E-state index in [0.717, 1.165) is 31.5 Å². The fourth-order valence-corrected chi connectivity index (χ4v) is 2.30. The largest absolute Gasteiger partial charge is 0.339 e. The summed E-state index contributed by atoms with van der Waals surface area (Å²) < 4.78 is 5.19. The molecule has 1 aromatic rings. The normalized spacial score (nSPS) is 26.9. The number of hydrogen-bond acceptors (Lipinski definition) is 4. The molecular weight excluding hydrogens is 192 g/mol. The number of Topliss-reactive ketones (excluding diaryl/α,β-unsaturated/α-hetero) is 1. The maximum absolute atomic E-state index is 11.5. The van der Waals surface area contributed by atoms with Gasteiger partial charge in [-0.3, -0.25) is 4.79 Å². The predicted octanol–water partition coefficient (Wildman–Crippen LogP) is 2.17. The monoisotopic (exact) mass is 206 g/mol. The van der Waals surface area contributed by atoms with Crippen molar-refractivity contribution in [1.82, 2.24) is 10.1 Å². The molecule has 1 unspecified atom stereocenters. The van der Waals surface area contributed by atoms with Crippen molar-refractivity contribution in [3.8, 4) is 0 Å². The van der Waals surface area contributed by atoms with Gasteiger partial charge in [0.05, 0.1) is 5.92 Å². The molecular formula is C11H14N2O2. The first kappa shape index (κ1) is 9.07. The maximum atomic E-state index is 11.5. The maximum Gasteiger partial charge on any atom is 0.237 e. The van der Waals surface area contributed by atoms with Crippen LogP contribution in [0.4, 0.5) is 0 Å². The minimum atomic E-state index is -0.105. The number of ketones is 1. The van der Waals surface area contributed by atoms with Gasteiger partial charge in [0.25, 0.3) is 0 Å². The second-order valence-corrected chi connectivity index (χ2v) is 4.53. The Kier molecular flexibility index (Phi) is 2.08. The number of nitrogens with zero attached hydrogens (tertiary/aromatic N) is 2. The van der Waals surface area contributed by atoms with Crippen LogP contribution >= 0.6 is 0 Å². The van der Waals surface area contributed by atoms with E-state index in [2.05, 4.69) is 10.1 Å². The molecule has 0 amide bonds. The third-order valence-electron chi connectivity index (χ3n) is 3.53. The molecule has 0 N–H and O–H groups in total. The summed E-state index contributed by atoms with van der Waals surface area (Å²) in [5, 5.41) is 3.98. The van der Waals surface area contributed by atoms with Crippen molar-refractivity contribution in [3.63, 3.8) is 0 Å². The van der Waals surface area contributed by atoms with Crippen molar-refractivity contribution in [1.29, 1.82) is 0 Å². The SMILES string of the molecule is O=C1CCCC1c1nc(C2CCC2)no1. The molecule has 4 heteroatoms. The summed E-state index contributed by atoms with van der Waals surface area (Å²) in [5.74, 6) is 2.01. The van der Waals surface area contributed by atoms with E-state index in [9.17, 15) is 4.79 Å². The fourth-order valence-electron chi connectivity index (χ4n) is 2.30. The molecule has 3 rings (SSSR count). The Morgan fingerprint density at radius 2 is 2.07 bits per heavy atom. The van der Waals surface area contributed by atoms with Crippen LogP contribution in [0.5, 0.6) is 0 Å². The molecule has 0 saturated heterocycles. The van der Waals surface area contributed by atoms with Crippen molar-refractivity contribution in [2.24, 2.45) is 0 Å². The van der Waals surface area contributed by atoms with Gasteiger partial charge < -0.3 is 4.52 Å². The number of rotatable bonds is 2. The summed E-state index contributed by atoms with van der Waals surface area (Å²) in [7, 11) is 0. The van der Waals surface area contributed by atoms with E-state index in [1.54, 1.807) is 0 Å². The Hall–Kier alpha value is -1.19. The van der Waals surface area contributed by atoms with Gasteiger partial charge in [0.2, 0.25) is 5.89 Å². The van der Waals surface area contributed by atoms with Crippen LogP contribution in [0, 0.1) is 0 Å². The smallest absolute Gasteiger partial charge is 0.237 e. The molecule has 80 valence electrons. The van der Waals surface area contributed by atoms with Gasteiger partial charge >= 0.3 is 0 Å². The number of carbonyl (C=O) groups excluding carboxylic acids is 1. The van der Waals surface area contributed by atoms with E-state index in [1.165, 1.54) is 6.42 Å². The molecule has 0 bridgehead atoms. The van der Waals surface area contributed by atoms with Crippen LogP contribution in [0.3, 0.4) is 0 Å². The average molecular weight is 206 g/mol. The van der Waals surface area contributed by atoms with Crippen LogP contribution in [0.1, 0.15) is 62.1 Å². The highest BCUT2D eigenvalue weighted by molar-refractivity contribution is 5.86. The summed E-state index contributed by atoms with van der Waals surface area (Å²) >= 11 is 0. The Morgan fingerprint density at radius 3 is 2.67 bits per heavy atom. The fraction of sp³-hybridized carbons (Fsp3) is 0.727. The molecule has 0 aromatic carbocycles. The first-order valence-electron chi connectivity index (χ1n) is 5.71. The molecule has 2 fully saturated rings. The van der Waals surface area contributed by atoms with E-state index >= 15 is 0 Å². The van der Waals surface area contributed by atoms with Gasteiger partial charge in [0, 0.05) is 12.3 Å². The van der Waals surface area contributed by atoms with Gasteiger partial charge in [-0.1, -0.05) is 11.6 Å². The van der Waals surface area contributed by atoms with Crippen molar-refractivity contribution < 1.29 is 9.32 Å². The minimum Gasteiger partial charge on any atom is -0.339 e. The Balaban J connectivity index is 1.80. The molecule has 2 saturated carbocycles. The molecule has 0 aliphatic heterocycles. The summed E-state index contributed by atoms with van der Waals surface area (Å²) in [4.78, 5) is 15.9. The summed E-state index contributed by atoms with van der Waals surface area (Å²) in [6.07, 6.45) is 6.10. The van der Waals surface area contributed by atoms with Gasteiger partial charge in [-0.05, 0) is 25.7 Å². The zero-order valence-corrected chi connectivity index (χ0v) is 8.61. The Bertz CT molecular complexity index is 382. The summed E-state index contributed by atoms with van der Waals surface area (Å²) in [6.45, 7) is 0. The lowest BCUT2D eigenvalue weighted by molar-refractivity contribution is -0.119. The van der Waals surface area contributed by atoms with E-state index < -0.39 is 0 Å². The third kappa shape index (κ3) is 1.48. The van der Waals surface area contributed by atoms with Crippen molar-refractivity contribution in [2.45, 2.75) is 50.4 Å². The van der Waals surface area contributed by atoms with E-state index in [0.29, 0.717) is 18.2 Å². The molecule has 1 atom stereocenters. The van der Waals surface area contributed by atoms with Crippen LogP contribution in [-0.2, 0) is 4.79 Å². The molecule has 1 heterocycles. The van der Waals surface area contributed by atoms with Crippen LogP contribution in [0.15, 0.2) is 4.52 Å². The number of carbonyl (C=O) groups is 1. The van der Waals surface area contributed by atoms with Crippen LogP contribution in [-0.4, -0.2) is 15.9 Å². The zero-order valence-electron chi connectivity index (χ0n) is 8.61. The zero-order chi connectivity index (χ0) is 10.3. The highest BCUT2D eigenvalue weighted by Gasteiger charge is 2.32. The number of hydrogen-bond donors (Lipinski definition) is 0. The van der Waals surface area contributed by atoms with E-state index in [1.807, 2.05) is 0 Å². The topological polar surface area (TPSA) is 56.0 Å². The van der Waals surface area contributed by atoms with Gasteiger partial charge in [0.15, 0.2) is 5.82 Å². The highest BCUT2D eigenvalue weighted by atomic mass is 16.5. The molecule has 15 heavy (non-hydrogen) atoms. The molecule has 2 aliphatic carbocycles. The van der Waals surface area contributed by atoms with Crippen molar-refractivity contribution in [3.05, 3.63) is 11.7 Å². The molecule has 2 aliphatic rings. The Labute approximate surface area is 88.1 Å². The van der Waals surface area contributed by atoms with Gasteiger partial charge in [-0.25, -0.2) is 0 Å². The standard InChI is InChI=1S/C11H14N2O2/c14-9-6-2-5-8(9)11-12-10(13-15-11)7-3-1-4-7/h7-8H,1-6H2. The van der Waals surface area contributed by atoms with Gasteiger partial charge in [-0.15, -0.1) is 0 Å². The quantitative estimate of drug-likeness (QED) is 0.744. The van der Waals surface area contributed by atoms with Crippen molar-refractivity contribution in [2.75, 3.05) is 0 Å². The van der Waals surface area contributed by atoms with Crippen LogP contribution in [0.2, 0.25) is 0 Å². The molecule has 0 spiro atoms. The minimum absolute atomic E-state index is 0.105. The first-order chi connectivity index (χ1) is 7.34. The lowest BCUT2D eigenvalue weighted by atomic mass is 9.85. The number of aromatic nitrogens is 2. The molecule has 4 nitrogen and oxygen atoms in total. The van der Waals surface area contributed by atoms with Gasteiger partial charge in [-0.2, -0.15) is 4.98 Å². The second-order valence-electron chi connectivity index (χ2n) is 4.53. The first-order valence-corrected chi connectivity index (χ1v) is 5.71. The van der Waals surface area contributed by atoms with E-state index in [-0.39, 0.29) is 11.7 Å². The van der Waals surface area contributed by atoms with Crippen molar-refractivity contribution >= 4 is 5.78 Å². The lowest BCUT2D eigenvalue weighted by Gasteiger charge is -2.20. The Morgan fingerprint density at radius 1 is 1.20 bits per heavy atom. The van der Waals surface area contributed by atoms with Gasteiger partial charge in [0.1, 0.15) is 5.78 Å². The molecule has 1 aromatic heterocycles. The lowest BCUT2D eigenvalue weighted by Crippen LogP contribution is -2.11. The third-order valence-corrected chi connectivity index (χ3v) is 3.53. The summed E-state index contributed by atoms with van der Waals surface area (Å²) in [5.41, 5.74) is 0.